The van der Waals surface area contributed by atoms with Crippen LogP contribution in [0.4, 0.5) is 5.69 Å². The number of aryl methyl sites for hydroxylation is 1. The number of nitriles is 1. The first-order valence-corrected chi connectivity index (χ1v) is 8.20. The van der Waals surface area contributed by atoms with Gasteiger partial charge in [0.2, 0.25) is 0 Å². The van der Waals surface area contributed by atoms with Crippen molar-refractivity contribution < 1.29 is 8.42 Å². The molecule has 0 aliphatic heterocycles. The van der Waals surface area contributed by atoms with E-state index in [1.54, 1.807) is 0 Å². The van der Waals surface area contributed by atoms with Crippen LogP contribution >= 0.6 is 0 Å². The SMILES string of the molecule is Cc1ccc(NCCS(=O)(=O)c2ccc(C#N)cc2)cc1. The van der Waals surface area contributed by atoms with E-state index in [1.165, 1.54) is 24.3 Å². The van der Waals surface area contributed by atoms with Gasteiger partial charge in [-0.3, -0.25) is 0 Å². The highest BCUT2D eigenvalue weighted by Gasteiger charge is 2.13. The summed E-state index contributed by atoms with van der Waals surface area (Å²) >= 11 is 0. The zero-order chi connectivity index (χ0) is 15.3. The molecule has 108 valence electrons. The van der Waals surface area contributed by atoms with Crippen LogP contribution < -0.4 is 5.32 Å². The molecule has 0 heterocycles. The van der Waals surface area contributed by atoms with Crippen molar-refractivity contribution in [3.8, 4) is 6.07 Å². The summed E-state index contributed by atoms with van der Waals surface area (Å²) in [5.74, 6) is 0.00672. The van der Waals surface area contributed by atoms with Crippen molar-refractivity contribution >= 4 is 15.5 Å². The molecule has 0 aliphatic carbocycles. The Hall–Kier alpha value is -2.32. The number of benzene rings is 2. The highest BCUT2D eigenvalue weighted by atomic mass is 32.2. The minimum Gasteiger partial charge on any atom is -0.384 e. The molecule has 4 nitrogen and oxygen atoms in total. The zero-order valence-electron chi connectivity index (χ0n) is 11.7. The van der Waals surface area contributed by atoms with E-state index in [0.29, 0.717) is 12.1 Å². The van der Waals surface area contributed by atoms with E-state index < -0.39 is 9.84 Å². The van der Waals surface area contributed by atoms with Crippen LogP contribution in [-0.4, -0.2) is 20.7 Å². The molecule has 2 aromatic rings. The van der Waals surface area contributed by atoms with Crippen molar-refractivity contribution in [3.05, 3.63) is 59.7 Å². The third-order valence-electron chi connectivity index (χ3n) is 3.09. The molecule has 5 heteroatoms. The summed E-state index contributed by atoms with van der Waals surface area (Å²) < 4.78 is 24.3. The normalized spacial score (nSPS) is 10.9. The van der Waals surface area contributed by atoms with Crippen LogP contribution in [0.5, 0.6) is 0 Å². The molecule has 0 aliphatic rings. The number of hydrogen-bond donors (Lipinski definition) is 1. The fourth-order valence-corrected chi connectivity index (χ4v) is 3.01. The third kappa shape index (κ3) is 4.07. The Morgan fingerprint density at radius 2 is 1.67 bits per heavy atom. The Morgan fingerprint density at radius 1 is 1.05 bits per heavy atom. The van der Waals surface area contributed by atoms with Gasteiger partial charge >= 0.3 is 0 Å². The molecular formula is C16H16N2O2S. The van der Waals surface area contributed by atoms with E-state index in [2.05, 4.69) is 5.32 Å². The van der Waals surface area contributed by atoms with Crippen molar-refractivity contribution in [2.24, 2.45) is 0 Å². The minimum absolute atomic E-state index is 0.00672. The maximum atomic E-state index is 12.2. The molecule has 0 saturated carbocycles. The number of hydrogen-bond acceptors (Lipinski definition) is 4. The van der Waals surface area contributed by atoms with Gasteiger partial charge in [-0.1, -0.05) is 17.7 Å². The first-order chi connectivity index (χ1) is 10.0. The molecular weight excluding hydrogens is 284 g/mol. The van der Waals surface area contributed by atoms with E-state index in [-0.39, 0.29) is 10.6 Å². The number of nitrogens with zero attached hydrogens (tertiary/aromatic N) is 1. The van der Waals surface area contributed by atoms with Gasteiger partial charge in [0.15, 0.2) is 9.84 Å². The molecule has 0 unspecified atom stereocenters. The van der Waals surface area contributed by atoms with Crippen LogP contribution in [0.1, 0.15) is 11.1 Å². The van der Waals surface area contributed by atoms with E-state index in [9.17, 15) is 8.42 Å². The Balaban J connectivity index is 1.97. The molecule has 0 spiro atoms. The molecule has 0 fully saturated rings. The van der Waals surface area contributed by atoms with Gasteiger partial charge in [-0.2, -0.15) is 5.26 Å². The van der Waals surface area contributed by atoms with Gasteiger partial charge in [0.1, 0.15) is 0 Å². The zero-order valence-corrected chi connectivity index (χ0v) is 12.5. The Labute approximate surface area is 125 Å². The molecule has 0 bridgehead atoms. The van der Waals surface area contributed by atoms with Gasteiger partial charge in [0.05, 0.1) is 22.3 Å². The van der Waals surface area contributed by atoms with E-state index in [0.717, 1.165) is 11.3 Å². The largest absolute Gasteiger partial charge is 0.384 e. The summed E-state index contributed by atoms with van der Waals surface area (Å²) in [5.41, 5.74) is 2.51. The molecule has 0 saturated heterocycles. The number of anilines is 1. The second-order valence-electron chi connectivity index (χ2n) is 4.75. The molecule has 21 heavy (non-hydrogen) atoms. The molecule has 0 aromatic heterocycles. The fourth-order valence-electron chi connectivity index (χ4n) is 1.86. The molecule has 0 radical (unpaired) electrons. The minimum atomic E-state index is -3.34. The second-order valence-corrected chi connectivity index (χ2v) is 6.86. The lowest BCUT2D eigenvalue weighted by Crippen LogP contribution is -2.15. The van der Waals surface area contributed by atoms with Gasteiger partial charge < -0.3 is 5.32 Å². The standard InChI is InChI=1S/C16H16N2O2S/c1-13-2-6-15(7-3-13)18-10-11-21(19,20)16-8-4-14(12-17)5-9-16/h2-9,18H,10-11H2,1H3. The summed E-state index contributed by atoms with van der Waals surface area (Å²) in [6.07, 6.45) is 0. The average molecular weight is 300 g/mol. The van der Waals surface area contributed by atoms with Crippen molar-refractivity contribution in [2.75, 3.05) is 17.6 Å². The maximum Gasteiger partial charge on any atom is 0.180 e. The van der Waals surface area contributed by atoms with E-state index in [1.807, 2.05) is 37.3 Å². The third-order valence-corrected chi connectivity index (χ3v) is 4.83. The molecule has 0 atom stereocenters. The van der Waals surface area contributed by atoms with Crippen LogP contribution in [0.3, 0.4) is 0 Å². The van der Waals surface area contributed by atoms with Crippen molar-refractivity contribution in [3.63, 3.8) is 0 Å². The highest BCUT2D eigenvalue weighted by Crippen LogP contribution is 2.13. The predicted molar refractivity (Wildman–Crippen MR) is 82.9 cm³/mol. The van der Waals surface area contributed by atoms with Gasteiger partial charge in [-0.25, -0.2) is 8.42 Å². The van der Waals surface area contributed by atoms with E-state index in [4.69, 9.17) is 5.26 Å². The van der Waals surface area contributed by atoms with Crippen LogP contribution in [-0.2, 0) is 9.84 Å². The van der Waals surface area contributed by atoms with E-state index >= 15 is 0 Å². The first-order valence-electron chi connectivity index (χ1n) is 6.55. The highest BCUT2D eigenvalue weighted by molar-refractivity contribution is 7.91. The maximum absolute atomic E-state index is 12.2. The monoisotopic (exact) mass is 300 g/mol. The topological polar surface area (TPSA) is 70.0 Å². The lowest BCUT2D eigenvalue weighted by Gasteiger charge is -2.08. The number of sulfone groups is 1. The predicted octanol–water partition coefficient (Wildman–Crippen LogP) is 2.75. The smallest absolute Gasteiger partial charge is 0.180 e. The number of rotatable bonds is 5. The summed E-state index contributed by atoms with van der Waals surface area (Å²) in [4.78, 5) is 0.243. The average Bonchev–Trinajstić information content (AvgIpc) is 2.49. The first kappa shape index (κ1) is 15.1. The van der Waals surface area contributed by atoms with Gasteiger partial charge in [-0.15, -0.1) is 0 Å². The molecule has 2 rings (SSSR count). The quantitative estimate of drug-likeness (QED) is 0.921. The molecule has 0 amide bonds. The summed E-state index contributed by atoms with van der Waals surface area (Å²) in [7, 11) is -3.34. The van der Waals surface area contributed by atoms with Crippen LogP contribution in [0.25, 0.3) is 0 Å². The molecule has 1 N–H and O–H groups in total. The van der Waals surface area contributed by atoms with Crippen LogP contribution in [0, 0.1) is 18.3 Å². The number of nitrogens with one attached hydrogen (secondary N) is 1. The summed E-state index contributed by atoms with van der Waals surface area (Å²) in [6.45, 7) is 2.34. The Bertz CT molecular complexity index is 742. The van der Waals surface area contributed by atoms with Gasteiger partial charge in [0.25, 0.3) is 0 Å². The lowest BCUT2D eigenvalue weighted by molar-refractivity contribution is 0.596. The summed E-state index contributed by atoms with van der Waals surface area (Å²) in [6, 6.07) is 15.7. The van der Waals surface area contributed by atoms with Gasteiger partial charge in [-0.05, 0) is 43.3 Å². The van der Waals surface area contributed by atoms with Crippen LogP contribution in [0.15, 0.2) is 53.4 Å². The van der Waals surface area contributed by atoms with Gasteiger partial charge in [0, 0.05) is 12.2 Å². The van der Waals surface area contributed by atoms with Crippen molar-refractivity contribution in [1.29, 1.82) is 5.26 Å². The Kier molecular flexibility index (Phi) is 4.61. The van der Waals surface area contributed by atoms with Crippen molar-refractivity contribution in [2.45, 2.75) is 11.8 Å². The molecule has 2 aromatic carbocycles. The van der Waals surface area contributed by atoms with Crippen LogP contribution in [0.2, 0.25) is 0 Å². The second kappa shape index (κ2) is 6.42. The summed E-state index contributed by atoms with van der Waals surface area (Å²) in [5, 5.41) is 11.8. The fraction of sp³-hybridized carbons (Fsp3) is 0.188. The Morgan fingerprint density at radius 3 is 2.24 bits per heavy atom. The lowest BCUT2D eigenvalue weighted by atomic mass is 10.2. The van der Waals surface area contributed by atoms with Crippen molar-refractivity contribution in [1.82, 2.24) is 0 Å².